The van der Waals surface area contributed by atoms with E-state index in [-0.39, 0.29) is 16.5 Å². The highest BCUT2D eigenvalue weighted by Crippen LogP contribution is 2.31. The van der Waals surface area contributed by atoms with Crippen LogP contribution in [0.2, 0.25) is 10.0 Å². The predicted octanol–water partition coefficient (Wildman–Crippen LogP) is 4.13. The summed E-state index contributed by atoms with van der Waals surface area (Å²) in [5.74, 6) is 0. The number of aldehydes is 1. The summed E-state index contributed by atoms with van der Waals surface area (Å²) in [5, 5.41) is 0.636. The quantitative estimate of drug-likeness (QED) is 0.631. The highest BCUT2D eigenvalue weighted by atomic mass is 35.5. The molecule has 1 aromatic heterocycles. The van der Waals surface area contributed by atoms with Crippen LogP contribution in [-0.4, -0.2) is 16.4 Å². The summed E-state index contributed by atoms with van der Waals surface area (Å²) >= 11 is 12.7. The lowest BCUT2D eigenvalue weighted by atomic mass is 10.3. The summed E-state index contributed by atoms with van der Waals surface area (Å²) in [6.45, 7) is 0. The van der Waals surface area contributed by atoms with Crippen molar-refractivity contribution in [2.45, 2.75) is 4.90 Å². The van der Waals surface area contributed by atoms with E-state index in [2.05, 4.69) is 4.98 Å². The topological polar surface area (TPSA) is 47.0 Å². The molecule has 0 amide bonds. The minimum Gasteiger partial charge on any atom is -0.296 e. The molecule has 0 saturated carbocycles. The Morgan fingerprint density at radius 2 is 2.00 bits per heavy atom. The third kappa shape index (κ3) is 3.56. The van der Waals surface area contributed by atoms with Crippen LogP contribution in [0.4, 0.5) is 0 Å². The Hall–Kier alpha value is -1.36. The third-order valence-electron chi connectivity index (χ3n) is 2.20. The zero-order valence-electron chi connectivity index (χ0n) is 9.47. The molecule has 0 saturated heterocycles. The number of thioether (sulfide) groups is 1. The van der Waals surface area contributed by atoms with Gasteiger partial charge in [0.05, 0.1) is 5.02 Å². The highest BCUT2D eigenvalue weighted by Gasteiger charge is 2.13. The van der Waals surface area contributed by atoms with Crippen LogP contribution in [0.25, 0.3) is 0 Å². The maximum atomic E-state index is 12.0. The molecule has 0 N–H and O–H groups in total. The Morgan fingerprint density at radius 1 is 1.21 bits per heavy atom. The number of hydrogen-bond donors (Lipinski definition) is 0. The number of nitrogens with zero attached hydrogens (tertiary/aromatic N) is 1. The monoisotopic (exact) mass is 311 g/mol. The third-order valence-corrected chi connectivity index (χ3v) is 3.83. The first kappa shape index (κ1) is 14.1. The fourth-order valence-electron chi connectivity index (χ4n) is 1.34. The molecule has 3 nitrogen and oxygen atoms in total. The first-order chi connectivity index (χ1) is 9.10. The lowest BCUT2D eigenvalue weighted by Gasteiger charge is -2.03. The average Bonchev–Trinajstić information content (AvgIpc) is 2.43. The first-order valence-electron chi connectivity index (χ1n) is 5.19. The summed E-state index contributed by atoms with van der Waals surface area (Å²) < 4.78 is 0. The number of pyridine rings is 1. The van der Waals surface area contributed by atoms with Gasteiger partial charge in [0.25, 0.3) is 0 Å². The lowest BCUT2D eigenvalue weighted by Crippen LogP contribution is -2.00. The van der Waals surface area contributed by atoms with Crippen molar-refractivity contribution in [3.8, 4) is 0 Å². The molecule has 0 spiro atoms. The van der Waals surface area contributed by atoms with Crippen molar-refractivity contribution in [1.82, 2.24) is 4.98 Å². The number of aromatic nitrogens is 1. The van der Waals surface area contributed by atoms with Crippen molar-refractivity contribution < 1.29 is 9.59 Å². The van der Waals surface area contributed by atoms with E-state index in [4.69, 9.17) is 23.2 Å². The molecule has 0 bridgehead atoms. The molecular weight excluding hydrogens is 305 g/mol. The van der Waals surface area contributed by atoms with Crippen LogP contribution in [0.15, 0.2) is 41.3 Å². The molecule has 0 fully saturated rings. The minimum atomic E-state index is -0.298. The summed E-state index contributed by atoms with van der Waals surface area (Å²) in [6, 6.07) is 9.54. The zero-order chi connectivity index (χ0) is 13.8. The van der Waals surface area contributed by atoms with E-state index in [9.17, 15) is 9.59 Å². The van der Waals surface area contributed by atoms with E-state index in [1.807, 2.05) is 0 Å². The summed E-state index contributed by atoms with van der Waals surface area (Å²) in [7, 11) is 0. The number of rotatable bonds is 3. The van der Waals surface area contributed by atoms with E-state index in [1.54, 1.807) is 30.3 Å². The number of carbonyl (C=O) groups is 2. The van der Waals surface area contributed by atoms with Crippen LogP contribution in [0.5, 0.6) is 0 Å². The lowest BCUT2D eigenvalue weighted by molar-refractivity contribution is 0.108. The summed E-state index contributed by atoms with van der Waals surface area (Å²) in [5.41, 5.74) is 0.411. The fourth-order valence-corrected chi connectivity index (χ4v) is 2.58. The molecular formula is C13H7Cl2NO2S. The van der Waals surface area contributed by atoms with Crippen molar-refractivity contribution in [3.63, 3.8) is 0 Å². The van der Waals surface area contributed by atoms with Crippen molar-refractivity contribution in [2.75, 3.05) is 0 Å². The average molecular weight is 312 g/mol. The van der Waals surface area contributed by atoms with Crippen molar-refractivity contribution in [2.24, 2.45) is 0 Å². The summed E-state index contributed by atoms with van der Waals surface area (Å²) in [4.78, 5) is 27.1. The molecule has 96 valence electrons. The number of carbonyl (C=O) groups excluding carboxylic acids is 2. The standard InChI is InChI=1S/C13H7Cl2NO2S/c14-8-4-5-10(15)12(6-8)19-13(18)11-3-1-2-9(7-17)16-11/h1-7H. The van der Waals surface area contributed by atoms with Crippen LogP contribution >= 0.6 is 35.0 Å². The molecule has 0 atom stereocenters. The Bertz CT molecular complexity index is 646. The van der Waals surface area contributed by atoms with E-state index in [0.717, 1.165) is 11.8 Å². The Labute approximate surface area is 123 Å². The maximum absolute atomic E-state index is 12.0. The molecule has 1 heterocycles. The second-order valence-electron chi connectivity index (χ2n) is 3.53. The summed E-state index contributed by atoms with van der Waals surface area (Å²) in [6.07, 6.45) is 0.591. The van der Waals surface area contributed by atoms with Crippen LogP contribution in [0.1, 0.15) is 21.0 Å². The molecule has 0 radical (unpaired) electrons. The van der Waals surface area contributed by atoms with Gasteiger partial charge in [0, 0.05) is 9.92 Å². The number of hydrogen-bond acceptors (Lipinski definition) is 4. The van der Waals surface area contributed by atoms with E-state index in [0.29, 0.717) is 21.2 Å². The number of benzene rings is 1. The predicted molar refractivity (Wildman–Crippen MR) is 76.3 cm³/mol. The van der Waals surface area contributed by atoms with Gasteiger partial charge in [-0.3, -0.25) is 9.59 Å². The number of halogens is 2. The SMILES string of the molecule is O=Cc1cccc(C(=O)Sc2cc(Cl)ccc2Cl)n1. The van der Waals surface area contributed by atoms with Gasteiger partial charge in [0.1, 0.15) is 11.4 Å². The van der Waals surface area contributed by atoms with Gasteiger partial charge in [-0.2, -0.15) is 0 Å². The van der Waals surface area contributed by atoms with Gasteiger partial charge < -0.3 is 0 Å². The molecule has 1 aromatic carbocycles. The van der Waals surface area contributed by atoms with Gasteiger partial charge in [-0.1, -0.05) is 29.3 Å². The molecule has 0 aliphatic rings. The van der Waals surface area contributed by atoms with Gasteiger partial charge in [-0.15, -0.1) is 0 Å². The van der Waals surface area contributed by atoms with Gasteiger partial charge in [0.15, 0.2) is 6.29 Å². The van der Waals surface area contributed by atoms with Gasteiger partial charge in [-0.25, -0.2) is 4.98 Å². The Kier molecular flexibility index (Phi) is 4.58. The van der Waals surface area contributed by atoms with Crippen LogP contribution in [0, 0.1) is 0 Å². The van der Waals surface area contributed by atoms with E-state index < -0.39 is 0 Å². The van der Waals surface area contributed by atoms with Crippen molar-refractivity contribution in [3.05, 3.63) is 57.8 Å². The minimum absolute atomic E-state index is 0.200. The van der Waals surface area contributed by atoms with Gasteiger partial charge in [-0.05, 0) is 42.1 Å². The van der Waals surface area contributed by atoms with Crippen LogP contribution in [0.3, 0.4) is 0 Å². The maximum Gasteiger partial charge on any atom is 0.242 e. The van der Waals surface area contributed by atoms with Crippen molar-refractivity contribution >= 4 is 46.4 Å². The molecule has 0 aliphatic heterocycles. The van der Waals surface area contributed by atoms with Crippen LogP contribution in [-0.2, 0) is 0 Å². The molecule has 2 aromatic rings. The largest absolute Gasteiger partial charge is 0.296 e. The van der Waals surface area contributed by atoms with Crippen molar-refractivity contribution in [1.29, 1.82) is 0 Å². The molecule has 19 heavy (non-hydrogen) atoms. The first-order valence-corrected chi connectivity index (χ1v) is 6.77. The highest BCUT2D eigenvalue weighted by molar-refractivity contribution is 8.14. The zero-order valence-corrected chi connectivity index (χ0v) is 11.8. The van der Waals surface area contributed by atoms with Gasteiger partial charge in [0.2, 0.25) is 5.12 Å². The Balaban J connectivity index is 2.25. The fraction of sp³-hybridized carbons (Fsp3) is 0. The Morgan fingerprint density at radius 3 is 2.74 bits per heavy atom. The second kappa shape index (κ2) is 6.19. The van der Waals surface area contributed by atoms with E-state index in [1.165, 1.54) is 6.07 Å². The molecule has 2 rings (SSSR count). The van der Waals surface area contributed by atoms with Crippen LogP contribution < -0.4 is 0 Å². The van der Waals surface area contributed by atoms with Gasteiger partial charge >= 0.3 is 0 Å². The molecule has 0 aliphatic carbocycles. The second-order valence-corrected chi connectivity index (χ2v) is 5.39. The molecule has 6 heteroatoms. The molecule has 0 unspecified atom stereocenters. The normalized spacial score (nSPS) is 10.2. The smallest absolute Gasteiger partial charge is 0.242 e. The van der Waals surface area contributed by atoms with E-state index >= 15 is 0 Å².